The summed E-state index contributed by atoms with van der Waals surface area (Å²) in [7, 11) is 1.56. The summed E-state index contributed by atoms with van der Waals surface area (Å²) in [4.78, 5) is 14.0. The zero-order valence-electron chi connectivity index (χ0n) is 13.2. The Hall–Kier alpha value is -2.05. The summed E-state index contributed by atoms with van der Waals surface area (Å²) in [6, 6.07) is 4.37. The standard InChI is InChI=1S/C17H23NO5/c1-23-12-17(22)7-2-9-18(10-8-17)16(21)6-4-13-3-5-14(19)15(20)11-13/h3-6,11,19-20,22H,2,7-10,12H2,1H3/b6-4+. The van der Waals surface area contributed by atoms with Crippen molar-refractivity contribution in [2.45, 2.75) is 24.9 Å². The van der Waals surface area contributed by atoms with E-state index in [2.05, 4.69) is 0 Å². The van der Waals surface area contributed by atoms with Crippen LogP contribution in [0.2, 0.25) is 0 Å². The monoisotopic (exact) mass is 321 g/mol. The Bertz CT molecular complexity index is 586. The Morgan fingerprint density at radius 3 is 2.78 bits per heavy atom. The van der Waals surface area contributed by atoms with Gasteiger partial charge in [0.15, 0.2) is 11.5 Å². The smallest absolute Gasteiger partial charge is 0.246 e. The molecule has 0 bridgehead atoms. The molecule has 0 aromatic heterocycles. The Balaban J connectivity index is 1.97. The second kappa shape index (κ2) is 7.48. The fourth-order valence-electron chi connectivity index (χ4n) is 2.73. The summed E-state index contributed by atoms with van der Waals surface area (Å²) in [5, 5.41) is 29.1. The van der Waals surface area contributed by atoms with Gasteiger partial charge in [-0.3, -0.25) is 4.79 Å². The fraction of sp³-hybridized carbons (Fsp3) is 0.471. The van der Waals surface area contributed by atoms with Crippen molar-refractivity contribution in [1.82, 2.24) is 4.90 Å². The van der Waals surface area contributed by atoms with Gasteiger partial charge in [0.05, 0.1) is 12.2 Å². The zero-order valence-corrected chi connectivity index (χ0v) is 13.2. The fourth-order valence-corrected chi connectivity index (χ4v) is 2.73. The summed E-state index contributed by atoms with van der Waals surface area (Å²) >= 11 is 0. The van der Waals surface area contributed by atoms with Gasteiger partial charge in [-0.05, 0) is 43.0 Å². The Morgan fingerprint density at radius 1 is 1.30 bits per heavy atom. The maximum atomic E-state index is 12.3. The van der Waals surface area contributed by atoms with Crippen LogP contribution in [0.1, 0.15) is 24.8 Å². The molecule has 3 N–H and O–H groups in total. The third-order valence-electron chi connectivity index (χ3n) is 4.06. The summed E-state index contributed by atoms with van der Waals surface area (Å²) < 4.78 is 5.05. The molecule has 1 aliphatic rings. The van der Waals surface area contributed by atoms with Crippen LogP contribution in [0.3, 0.4) is 0 Å². The average Bonchev–Trinajstić information content (AvgIpc) is 2.70. The van der Waals surface area contributed by atoms with Gasteiger partial charge in [0.1, 0.15) is 0 Å². The first-order valence-corrected chi connectivity index (χ1v) is 7.64. The van der Waals surface area contributed by atoms with E-state index in [1.165, 1.54) is 18.2 Å². The number of phenols is 2. The number of aliphatic hydroxyl groups is 1. The average molecular weight is 321 g/mol. The van der Waals surface area contributed by atoms with E-state index in [4.69, 9.17) is 4.74 Å². The molecule has 23 heavy (non-hydrogen) atoms. The number of likely N-dealkylation sites (tertiary alicyclic amines) is 1. The van der Waals surface area contributed by atoms with Gasteiger partial charge in [0.25, 0.3) is 0 Å². The molecule has 1 aliphatic heterocycles. The lowest BCUT2D eigenvalue weighted by molar-refractivity contribution is -0.126. The van der Waals surface area contributed by atoms with Crippen LogP contribution in [-0.4, -0.2) is 58.5 Å². The van der Waals surface area contributed by atoms with Crippen molar-refractivity contribution in [2.75, 3.05) is 26.8 Å². The number of aromatic hydroxyl groups is 2. The molecule has 1 fully saturated rings. The van der Waals surface area contributed by atoms with Gasteiger partial charge in [0, 0.05) is 26.3 Å². The van der Waals surface area contributed by atoms with Crippen molar-refractivity contribution < 1.29 is 24.9 Å². The van der Waals surface area contributed by atoms with Crippen molar-refractivity contribution in [3.8, 4) is 11.5 Å². The topological polar surface area (TPSA) is 90.2 Å². The van der Waals surface area contributed by atoms with E-state index in [0.717, 1.165) is 6.42 Å². The number of benzene rings is 1. The number of carbonyl (C=O) groups excluding carboxylic acids is 1. The molecule has 1 unspecified atom stereocenters. The van der Waals surface area contributed by atoms with E-state index >= 15 is 0 Å². The highest BCUT2D eigenvalue weighted by Crippen LogP contribution is 2.26. The predicted molar refractivity (Wildman–Crippen MR) is 86.1 cm³/mol. The minimum Gasteiger partial charge on any atom is -0.504 e. The van der Waals surface area contributed by atoms with E-state index < -0.39 is 5.60 Å². The number of hydrogen-bond donors (Lipinski definition) is 3. The predicted octanol–water partition coefficient (Wildman–Crippen LogP) is 1.50. The highest BCUT2D eigenvalue weighted by molar-refractivity contribution is 5.91. The Morgan fingerprint density at radius 2 is 2.09 bits per heavy atom. The zero-order chi connectivity index (χ0) is 16.9. The minimum absolute atomic E-state index is 0.140. The summed E-state index contributed by atoms with van der Waals surface area (Å²) in [6.45, 7) is 1.34. The molecule has 126 valence electrons. The van der Waals surface area contributed by atoms with E-state index in [1.54, 1.807) is 24.2 Å². The molecule has 1 aromatic carbocycles. The van der Waals surface area contributed by atoms with E-state index in [0.29, 0.717) is 31.5 Å². The number of nitrogens with zero attached hydrogens (tertiary/aromatic N) is 1. The maximum Gasteiger partial charge on any atom is 0.246 e. The molecular formula is C17H23NO5. The highest BCUT2D eigenvalue weighted by atomic mass is 16.5. The van der Waals surface area contributed by atoms with Gasteiger partial charge in [-0.25, -0.2) is 0 Å². The number of ether oxygens (including phenoxy) is 1. The molecule has 1 aromatic rings. The van der Waals surface area contributed by atoms with Crippen molar-refractivity contribution in [3.05, 3.63) is 29.8 Å². The third kappa shape index (κ3) is 4.71. The number of phenolic OH excluding ortho intramolecular Hbond substituents is 2. The number of hydrogen-bond acceptors (Lipinski definition) is 5. The quantitative estimate of drug-likeness (QED) is 0.577. The van der Waals surface area contributed by atoms with Gasteiger partial charge >= 0.3 is 0 Å². The number of carbonyl (C=O) groups is 1. The van der Waals surface area contributed by atoms with Crippen LogP contribution in [0.4, 0.5) is 0 Å². The molecule has 2 rings (SSSR count). The molecular weight excluding hydrogens is 298 g/mol. The molecule has 1 heterocycles. The van der Waals surface area contributed by atoms with Crippen LogP contribution in [-0.2, 0) is 9.53 Å². The second-order valence-electron chi connectivity index (χ2n) is 5.92. The highest BCUT2D eigenvalue weighted by Gasteiger charge is 2.30. The van der Waals surface area contributed by atoms with Crippen LogP contribution in [0.5, 0.6) is 11.5 Å². The second-order valence-corrected chi connectivity index (χ2v) is 5.92. The lowest BCUT2D eigenvalue weighted by Gasteiger charge is -2.25. The number of amides is 1. The van der Waals surface area contributed by atoms with Crippen molar-refractivity contribution >= 4 is 12.0 Å². The molecule has 0 radical (unpaired) electrons. The van der Waals surface area contributed by atoms with E-state index in [1.807, 2.05) is 0 Å². The third-order valence-corrected chi connectivity index (χ3v) is 4.06. The van der Waals surface area contributed by atoms with Crippen LogP contribution >= 0.6 is 0 Å². The molecule has 0 aliphatic carbocycles. The van der Waals surface area contributed by atoms with Crippen molar-refractivity contribution in [1.29, 1.82) is 0 Å². The molecule has 0 saturated carbocycles. The summed E-state index contributed by atoms with van der Waals surface area (Å²) in [5.41, 5.74) is -0.240. The maximum absolute atomic E-state index is 12.3. The van der Waals surface area contributed by atoms with E-state index in [9.17, 15) is 20.1 Å². The lowest BCUT2D eigenvalue weighted by Crippen LogP contribution is -2.36. The number of rotatable bonds is 4. The van der Waals surface area contributed by atoms with Gasteiger partial charge in [-0.2, -0.15) is 0 Å². The van der Waals surface area contributed by atoms with Crippen LogP contribution in [0.15, 0.2) is 24.3 Å². The molecule has 0 spiro atoms. The van der Waals surface area contributed by atoms with Crippen molar-refractivity contribution in [3.63, 3.8) is 0 Å². The summed E-state index contributed by atoms with van der Waals surface area (Å²) in [6.07, 6.45) is 4.85. The first-order chi connectivity index (χ1) is 10.9. The first-order valence-electron chi connectivity index (χ1n) is 7.64. The molecule has 6 heteroatoms. The lowest BCUT2D eigenvalue weighted by atomic mass is 9.96. The molecule has 1 saturated heterocycles. The normalized spacial score (nSPS) is 22.3. The first kappa shape index (κ1) is 17.3. The Labute approximate surface area is 135 Å². The van der Waals surface area contributed by atoms with E-state index in [-0.39, 0.29) is 24.0 Å². The molecule has 1 atom stereocenters. The Kier molecular flexibility index (Phi) is 5.63. The van der Waals surface area contributed by atoms with Crippen molar-refractivity contribution in [2.24, 2.45) is 0 Å². The van der Waals surface area contributed by atoms with Crippen LogP contribution < -0.4 is 0 Å². The minimum atomic E-state index is -0.865. The van der Waals surface area contributed by atoms with Crippen LogP contribution in [0, 0.1) is 0 Å². The van der Waals surface area contributed by atoms with Crippen LogP contribution in [0.25, 0.3) is 6.08 Å². The molecule has 1 amide bonds. The number of methoxy groups -OCH3 is 1. The summed E-state index contributed by atoms with van der Waals surface area (Å²) in [5.74, 6) is -0.559. The van der Waals surface area contributed by atoms with Gasteiger partial charge in [0.2, 0.25) is 5.91 Å². The molecule has 6 nitrogen and oxygen atoms in total. The van der Waals surface area contributed by atoms with Gasteiger partial charge in [-0.15, -0.1) is 0 Å². The van der Waals surface area contributed by atoms with Gasteiger partial charge in [-0.1, -0.05) is 6.07 Å². The SMILES string of the molecule is COCC1(O)CCCN(C(=O)/C=C/c2ccc(O)c(O)c2)CC1. The largest absolute Gasteiger partial charge is 0.504 e. The van der Waals surface area contributed by atoms with Gasteiger partial charge < -0.3 is 25.0 Å².